The summed E-state index contributed by atoms with van der Waals surface area (Å²) in [6.45, 7) is 0.251. The van der Waals surface area contributed by atoms with Gasteiger partial charge >= 0.3 is 5.97 Å². The lowest BCUT2D eigenvalue weighted by atomic mass is 9.96. The first kappa shape index (κ1) is 12.6. The normalized spacial score (nSPS) is 16.1. The molecule has 0 radical (unpaired) electrons. The van der Waals surface area contributed by atoms with E-state index in [2.05, 4.69) is 10.6 Å². The van der Waals surface area contributed by atoms with Gasteiger partial charge in [-0.3, -0.25) is 9.59 Å². The van der Waals surface area contributed by atoms with Gasteiger partial charge in [0.25, 0.3) is 0 Å². The molecule has 0 heterocycles. The van der Waals surface area contributed by atoms with E-state index in [1.807, 2.05) is 0 Å². The molecule has 1 saturated carbocycles. The van der Waals surface area contributed by atoms with Crippen LogP contribution in [-0.2, 0) is 15.0 Å². The number of carboxylic acids is 1. The Bertz CT molecular complexity index is 464. The number of likely N-dealkylation sites (N-methyl/N-ethyl adjacent to an activating group) is 1. The fourth-order valence-corrected chi connectivity index (χ4v) is 1.99. The van der Waals surface area contributed by atoms with E-state index in [4.69, 9.17) is 5.11 Å². The molecule has 3 N–H and O–H groups in total. The van der Waals surface area contributed by atoms with Crippen molar-refractivity contribution in [3.63, 3.8) is 0 Å². The minimum Gasteiger partial charge on any atom is -0.481 e. The lowest BCUT2D eigenvalue weighted by Gasteiger charge is -2.11. The smallest absolute Gasteiger partial charge is 0.314 e. The molecule has 96 valence electrons. The van der Waals surface area contributed by atoms with E-state index < -0.39 is 11.4 Å². The molecule has 1 fully saturated rings. The number of hydrogen-bond donors (Lipinski definition) is 3. The van der Waals surface area contributed by atoms with Gasteiger partial charge in [0.05, 0.1) is 12.0 Å². The molecule has 2 rings (SSSR count). The monoisotopic (exact) mass is 248 g/mol. The Labute approximate surface area is 105 Å². The fourth-order valence-electron chi connectivity index (χ4n) is 1.99. The van der Waals surface area contributed by atoms with Gasteiger partial charge in [-0.1, -0.05) is 12.1 Å². The zero-order valence-electron chi connectivity index (χ0n) is 10.2. The molecule has 0 saturated heterocycles. The number of carbonyl (C=O) groups is 2. The van der Waals surface area contributed by atoms with Gasteiger partial charge in [-0.2, -0.15) is 0 Å². The first-order valence-corrected chi connectivity index (χ1v) is 5.87. The predicted octanol–water partition coefficient (Wildman–Crippen LogP) is 0.961. The van der Waals surface area contributed by atoms with E-state index in [-0.39, 0.29) is 12.5 Å². The van der Waals surface area contributed by atoms with E-state index >= 15 is 0 Å². The second-order valence-corrected chi connectivity index (χ2v) is 4.54. The molecular formula is C13H16N2O3. The highest BCUT2D eigenvalue weighted by atomic mass is 16.4. The van der Waals surface area contributed by atoms with Crippen molar-refractivity contribution in [1.29, 1.82) is 0 Å². The van der Waals surface area contributed by atoms with Crippen LogP contribution >= 0.6 is 0 Å². The summed E-state index contributed by atoms with van der Waals surface area (Å²) in [6, 6.07) is 7.03. The van der Waals surface area contributed by atoms with Gasteiger partial charge in [0.2, 0.25) is 5.91 Å². The fraction of sp³-hybridized carbons (Fsp3) is 0.385. The number of rotatable bonds is 5. The average Bonchev–Trinajstić information content (AvgIpc) is 3.11. The van der Waals surface area contributed by atoms with Crippen LogP contribution in [0, 0.1) is 0 Å². The Hall–Kier alpha value is -1.88. The topological polar surface area (TPSA) is 78.4 Å². The molecule has 1 aliphatic rings. The van der Waals surface area contributed by atoms with Crippen LogP contribution in [0.15, 0.2) is 24.3 Å². The molecule has 1 aromatic rings. The molecule has 0 bridgehead atoms. The number of amides is 1. The van der Waals surface area contributed by atoms with Gasteiger partial charge in [0.15, 0.2) is 0 Å². The molecule has 1 amide bonds. The third-order valence-corrected chi connectivity index (χ3v) is 3.22. The summed E-state index contributed by atoms with van der Waals surface area (Å²) in [4.78, 5) is 22.5. The Balaban J connectivity index is 2.07. The van der Waals surface area contributed by atoms with Crippen LogP contribution in [0.1, 0.15) is 18.4 Å². The van der Waals surface area contributed by atoms with Crippen molar-refractivity contribution < 1.29 is 14.7 Å². The Morgan fingerprint density at radius 2 is 1.89 bits per heavy atom. The molecular weight excluding hydrogens is 232 g/mol. The SMILES string of the molecule is CNCC(=O)Nc1ccc(C2(C(=O)O)CC2)cc1. The number of nitrogens with one attached hydrogen (secondary N) is 2. The van der Waals surface area contributed by atoms with Gasteiger partial charge in [-0.05, 0) is 37.6 Å². The lowest BCUT2D eigenvalue weighted by molar-refractivity contribution is -0.140. The van der Waals surface area contributed by atoms with Crippen molar-refractivity contribution in [2.24, 2.45) is 0 Å². The third kappa shape index (κ3) is 2.36. The first-order valence-electron chi connectivity index (χ1n) is 5.87. The maximum Gasteiger partial charge on any atom is 0.314 e. The minimum atomic E-state index is -0.769. The molecule has 1 aliphatic carbocycles. The molecule has 0 aliphatic heterocycles. The second kappa shape index (κ2) is 4.78. The second-order valence-electron chi connectivity index (χ2n) is 4.54. The van der Waals surface area contributed by atoms with Crippen molar-refractivity contribution in [3.05, 3.63) is 29.8 Å². The van der Waals surface area contributed by atoms with Gasteiger partial charge in [-0.25, -0.2) is 0 Å². The molecule has 1 aromatic carbocycles. The number of hydrogen-bond acceptors (Lipinski definition) is 3. The van der Waals surface area contributed by atoms with Gasteiger partial charge in [0.1, 0.15) is 0 Å². The van der Waals surface area contributed by atoms with E-state index in [0.717, 1.165) is 5.56 Å². The summed E-state index contributed by atoms with van der Waals surface area (Å²) < 4.78 is 0. The molecule has 5 nitrogen and oxygen atoms in total. The quantitative estimate of drug-likeness (QED) is 0.725. The number of aliphatic carboxylic acids is 1. The van der Waals surface area contributed by atoms with Crippen LogP contribution in [0.2, 0.25) is 0 Å². The minimum absolute atomic E-state index is 0.121. The molecule has 5 heteroatoms. The molecule has 0 spiro atoms. The van der Waals surface area contributed by atoms with Gasteiger partial charge < -0.3 is 15.7 Å². The van der Waals surface area contributed by atoms with Crippen LogP contribution in [0.4, 0.5) is 5.69 Å². The number of carbonyl (C=O) groups excluding carboxylic acids is 1. The predicted molar refractivity (Wildman–Crippen MR) is 67.5 cm³/mol. The summed E-state index contributed by atoms with van der Waals surface area (Å²) in [6.07, 6.45) is 1.38. The summed E-state index contributed by atoms with van der Waals surface area (Å²) >= 11 is 0. The Kier molecular flexibility index (Phi) is 3.34. The molecule has 0 atom stereocenters. The van der Waals surface area contributed by atoms with Crippen molar-refractivity contribution in [1.82, 2.24) is 5.32 Å². The van der Waals surface area contributed by atoms with Crippen LogP contribution in [0.5, 0.6) is 0 Å². The first-order chi connectivity index (χ1) is 8.58. The van der Waals surface area contributed by atoms with Crippen LogP contribution in [0.3, 0.4) is 0 Å². The number of carboxylic acid groups (broad SMARTS) is 1. The summed E-state index contributed by atoms with van der Waals surface area (Å²) in [5.74, 6) is -0.890. The zero-order valence-corrected chi connectivity index (χ0v) is 10.2. The summed E-state index contributed by atoms with van der Waals surface area (Å²) in [7, 11) is 1.70. The highest BCUT2D eigenvalue weighted by Gasteiger charge is 2.51. The van der Waals surface area contributed by atoms with E-state index in [0.29, 0.717) is 18.5 Å². The van der Waals surface area contributed by atoms with Crippen LogP contribution in [0.25, 0.3) is 0 Å². The third-order valence-electron chi connectivity index (χ3n) is 3.22. The Morgan fingerprint density at radius 1 is 1.28 bits per heavy atom. The number of benzene rings is 1. The largest absolute Gasteiger partial charge is 0.481 e. The maximum absolute atomic E-state index is 11.3. The highest BCUT2D eigenvalue weighted by molar-refractivity contribution is 5.92. The molecule has 0 unspecified atom stereocenters. The number of anilines is 1. The van der Waals surface area contributed by atoms with Gasteiger partial charge in [-0.15, -0.1) is 0 Å². The van der Waals surface area contributed by atoms with E-state index in [1.165, 1.54) is 0 Å². The molecule has 0 aromatic heterocycles. The van der Waals surface area contributed by atoms with Crippen molar-refractivity contribution in [3.8, 4) is 0 Å². The molecule has 18 heavy (non-hydrogen) atoms. The summed E-state index contributed by atoms with van der Waals surface area (Å²) in [5, 5.41) is 14.6. The lowest BCUT2D eigenvalue weighted by Crippen LogP contribution is -2.25. The van der Waals surface area contributed by atoms with E-state index in [1.54, 1.807) is 31.3 Å². The van der Waals surface area contributed by atoms with Gasteiger partial charge in [0, 0.05) is 5.69 Å². The van der Waals surface area contributed by atoms with Crippen LogP contribution in [-0.4, -0.2) is 30.6 Å². The highest BCUT2D eigenvalue weighted by Crippen LogP contribution is 2.48. The maximum atomic E-state index is 11.3. The van der Waals surface area contributed by atoms with Crippen molar-refractivity contribution >= 4 is 17.6 Å². The summed E-state index contributed by atoms with van der Waals surface area (Å²) in [5.41, 5.74) is 0.801. The zero-order chi connectivity index (χ0) is 13.2. The van der Waals surface area contributed by atoms with E-state index in [9.17, 15) is 9.59 Å². The van der Waals surface area contributed by atoms with Crippen molar-refractivity contribution in [2.45, 2.75) is 18.3 Å². The van der Waals surface area contributed by atoms with Crippen LogP contribution < -0.4 is 10.6 Å². The Morgan fingerprint density at radius 3 is 2.33 bits per heavy atom. The standard InChI is InChI=1S/C13H16N2O3/c1-14-8-11(16)15-10-4-2-9(3-5-10)13(6-7-13)12(17)18/h2-5,14H,6-8H2,1H3,(H,15,16)(H,17,18). The average molecular weight is 248 g/mol. The van der Waals surface area contributed by atoms with Crippen molar-refractivity contribution in [2.75, 3.05) is 18.9 Å².